The molecule has 4 heterocycles. The molecule has 0 aromatic heterocycles. The van der Waals surface area contributed by atoms with Crippen molar-refractivity contribution in [1.29, 1.82) is 0 Å². The van der Waals surface area contributed by atoms with Gasteiger partial charge < -0.3 is 60.3 Å². The van der Waals surface area contributed by atoms with E-state index in [2.05, 4.69) is 59.4 Å². The molecular formula is C79H121N9O16. The second-order valence-corrected chi connectivity index (χ2v) is 20.3. The average Bonchev–Trinajstić information content (AvgIpc) is 1.64. The average molecular weight is 1450 g/mol. The van der Waals surface area contributed by atoms with E-state index in [9.17, 15) is 28.8 Å². The fourth-order valence-corrected chi connectivity index (χ4v) is 7.85. The number of benzene rings is 5. The molecule has 0 spiro atoms. The van der Waals surface area contributed by atoms with E-state index < -0.39 is 11.9 Å². The number of carbonyl (C=O) groups is 7. The van der Waals surface area contributed by atoms with Crippen LogP contribution in [0.15, 0.2) is 154 Å². The van der Waals surface area contributed by atoms with Crippen LogP contribution in [-0.4, -0.2) is 120 Å². The van der Waals surface area contributed by atoms with Crippen LogP contribution in [-0.2, 0) is 38.4 Å². The highest BCUT2D eigenvalue weighted by Gasteiger charge is 2.24. The second-order valence-electron chi connectivity index (χ2n) is 20.3. The van der Waals surface area contributed by atoms with Gasteiger partial charge in [0.1, 0.15) is 6.29 Å². The summed E-state index contributed by atoms with van der Waals surface area (Å²) < 4.78 is 9.17. The van der Waals surface area contributed by atoms with Gasteiger partial charge in [-0.3, -0.25) is 19.6 Å². The Labute approximate surface area is 618 Å². The van der Waals surface area contributed by atoms with Crippen LogP contribution in [0.1, 0.15) is 281 Å². The highest BCUT2D eigenvalue weighted by atomic mass is 16.7. The number of aldehydes is 1. The number of nitrogens with zero attached hydrogens (tertiary/aromatic N) is 5. The molecule has 4 atom stereocenters. The first-order valence-electron chi connectivity index (χ1n) is 34.7. The van der Waals surface area contributed by atoms with Gasteiger partial charge in [-0.2, -0.15) is 0 Å². The van der Waals surface area contributed by atoms with Gasteiger partial charge in [-0.15, -0.1) is 5.16 Å². The van der Waals surface area contributed by atoms with Crippen LogP contribution in [0, 0.1) is 0 Å². The summed E-state index contributed by atoms with van der Waals surface area (Å²) in [6.45, 7) is 40.2. The van der Waals surface area contributed by atoms with Crippen molar-refractivity contribution in [2.75, 3.05) is 33.9 Å². The number of rotatable bonds is 16. The number of carbonyl (C=O) groups excluding carboxylic acids is 6. The molecule has 4 unspecified atom stereocenters. The number of carboxylic acids is 1. The molecule has 0 fully saturated rings. The van der Waals surface area contributed by atoms with Crippen molar-refractivity contribution in [2.24, 2.45) is 31.5 Å². The molecule has 5 aromatic rings. The molecule has 25 heteroatoms. The minimum absolute atomic E-state index is 0. The lowest BCUT2D eigenvalue weighted by Gasteiger charge is -2.09. The van der Waals surface area contributed by atoms with Crippen LogP contribution < -0.4 is 21.8 Å². The van der Waals surface area contributed by atoms with Gasteiger partial charge in [-0.1, -0.05) is 184 Å². The van der Waals surface area contributed by atoms with Crippen molar-refractivity contribution in [3.8, 4) is 0 Å². The number of hydrogen-bond acceptors (Lipinski definition) is 21. The SMILES string of the molecule is C.C/C=N/O.C=Cc1ccc(C(=O)OC)cc1.CC.CC.CC.CC.CC.CC1=NOC(c2ccc(C(=O)NCCC(=O)NO)cc2)C1.CC1=NOC(c2ccc(C(=O)O)cc2)C1.CC=O.CCCN.CCCNC(=O)c1ccc(C2CC(C)=NO2)cc1.COC(=O)c1ccc(C2CC(C)=NO2)cc1. The third kappa shape index (κ3) is 43.4. The largest absolute Gasteiger partial charge is 0.478 e. The van der Waals surface area contributed by atoms with Gasteiger partial charge >= 0.3 is 17.9 Å². The van der Waals surface area contributed by atoms with Gasteiger partial charge in [0.05, 0.1) is 53.8 Å². The number of aromatic carboxylic acids is 1. The highest BCUT2D eigenvalue weighted by Crippen LogP contribution is 2.30. The maximum atomic E-state index is 11.8. The van der Waals surface area contributed by atoms with Crippen molar-refractivity contribution in [3.05, 3.63) is 184 Å². The predicted octanol–water partition coefficient (Wildman–Crippen LogP) is 17.3. The molecule has 4 aliphatic rings. The first kappa shape index (κ1) is 102. The minimum atomic E-state index is -0.915. The topological polar surface area (TPSA) is 359 Å². The number of hydroxylamine groups is 1. The maximum absolute atomic E-state index is 11.8. The molecule has 0 aliphatic carbocycles. The first-order chi connectivity index (χ1) is 49.7. The number of carboxylic acid groups (broad SMARTS) is 1. The Hall–Kier alpha value is -10.4. The van der Waals surface area contributed by atoms with Gasteiger partial charge in [0.2, 0.25) is 5.91 Å². The smallest absolute Gasteiger partial charge is 0.337 e. The van der Waals surface area contributed by atoms with Crippen LogP contribution in [0.25, 0.3) is 6.08 Å². The van der Waals surface area contributed by atoms with E-state index in [1.807, 2.05) is 165 Å². The van der Waals surface area contributed by atoms with E-state index in [1.165, 1.54) is 32.8 Å². The third-order valence-electron chi connectivity index (χ3n) is 12.9. The lowest BCUT2D eigenvalue weighted by atomic mass is 10.0. The fraction of sp³-hybridized carbons (Fsp3) is 0.443. The van der Waals surface area contributed by atoms with Crippen LogP contribution in [0.3, 0.4) is 0 Å². The van der Waals surface area contributed by atoms with Crippen molar-refractivity contribution in [2.45, 2.75) is 201 Å². The summed E-state index contributed by atoms with van der Waals surface area (Å²) in [5.74, 6) is -2.40. The number of amides is 3. The maximum Gasteiger partial charge on any atom is 0.337 e. The van der Waals surface area contributed by atoms with Crippen molar-refractivity contribution in [1.82, 2.24) is 16.1 Å². The van der Waals surface area contributed by atoms with E-state index >= 15 is 0 Å². The summed E-state index contributed by atoms with van der Waals surface area (Å²) in [7, 11) is 2.73. The Kier molecular flexibility index (Phi) is 64.8. The Balaban J connectivity index is -0.000000369. The molecular weight excluding hydrogens is 1330 g/mol. The number of oxime groups is 5. The van der Waals surface area contributed by atoms with Gasteiger partial charge in [0.25, 0.3) is 11.8 Å². The number of nitrogens with one attached hydrogen (secondary N) is 3. The Bertz CT molecular complexity index is 3280. The lowest BCUT2D eigenvalue weighted by Crippen LogP contribution is -2.29. The molecule has 0 radical (unpaired) electrons. The van der Waals surface area contributed by atoms with Crippen LogP contribution in [0.2, 0.25) is 0 Å². The molecule has 0 saturated carbocycles. The Morgan fingerprint density at radius 2 is 0.779 bits per heavy atom. The van der Waals surface area contributed by atoms with Crippen LogP contribution in [0.5, 0.6) is 0 Å². The van der Waals surface area contributed by atoms with Gasteiger partial charge in [0.15, 0.2) is 24.4 Å². The number of hydrogen-bond donors (Lipinski definition) is 7. The standard InChI is InChI=1S/C14H17N3O4.C14H18N2O2.C12H13NO3.C11H11NO3.C10H10O2.C3H9N.C2H5NO.C2H4O.5C2H6.CH4/c1-9-8-12(21-17-9)10-2-4-11(5-3-10)14(19)15-7-6-13(18)16-20;1-3-8-15-14(17)12-6-4-11(5-7-12)13-9-10(2)16-18-13;1-8-7-11(16-13-8)9-3-5-10(6-4-9)12(14)15-2;1-7-6-10(15-12-7)8-2-4-9(5-3-8)11(13)14;1-3-8-4-6-9(7-5-8)10(11)12-2;2*1-2-3-4;1-2-3;5*1-2;/h2-5,12,20H,6-8H2,1H3,(H,15,19)(H,16,18);4-7,13H,3,8-9H2,1-2H3,(H,15,17);3-6,11H,7H2,1-2H3;2-5,10H,6H2,1H3,(H,13,14);3-7H,1H2,2H3;2-4H2,1H3;2,4H,1H3;2H,1H3;5*1-2H3;1H4/b;;;;;;3-2+;;;;;;;. The molecule has 0 saturated heterocycles. The molecule has 5 aromatic carbocycles. The Morgan fingerprint density at radius 1 is 0.519 bits per heavy atom. The van der Waals surface area contributed by atoms with Crippen molar-refractivity contribution in [3.63, 3.8) is 0 Å². The van der Waals surface area contributed by atoms with Crippen molar-refractivity contribution < 1.29 is 77.9 Å². The minimum Gasteiger partial charge on any atom is -0.478 e. The molecule has 25 nitrogen and oxygen atoms in total. The second kappa shape index (κ2) is 65.9. The summed E-state index contributed by atoms with van der Waals surface area (Å²) >= 11 is 0. The van der Waals surface area contributed by atoms with E-state index in [4.69, 9.17) is 45.4 Å². The zero-order valence-electron chi connectivity index (χ0n) is 64.3. The van der Waals surface area contributed by atoms with E-state index in [0.717, 1.165) is 102 Å². The summed E-state index contributed by atoms with van der Waals surface area (Å²) in [6.07, 6.45) is 8.81. The molecule has 3 amide bonds. The zero-order valence-corrected chi connectivity index (χ0v) is 64.3. The van der Waals surface area contributed by atoms with Gasteiger partial charge in [0, 0.05) is 62.5 Å². The van der Waals surface area contributed by atoms with Crippen LogP contribution >= 0.6 is 0 Å². The van der Waals surface area contributed by atoms with Gasteiger partial charge in [-0.25, -0.2) is 19.9 Å². The summed E-state index contributed by atoms with van der Waals surface area (Å²) in [5, 5.41) is 48.1. The lowest BCUT2D eigenvalue weighted by molar-refractivity contribution is -0.129. The summed E-state index contributed by atoms with van der Waals surface area (Å²) in [6, 6.07) is 35.5. The first-order valence-corrected chi connectivity index (χ1v) is 34.7. The number of ether oxygens (including phenoxy) is 2. The van der Waals surface area contributed by atoms with E-state index in [-0.39, 0.29) is 74.1 Å². The third-order valence-corrected chi connectivity index (χ3v) is 12.9. The van der Waals surface area contributed by atoms with E-state index in [1.54, 1.807) is 73.7 Å². The summed E-state index contributed by atoms with van der Waals surface area (Å²) in [5.41, 5.74) is 18.0. The molecule has 8 N–H and O–H groups in total. The number of nitrogens with two attached hydrogens (primary N) is 1. The monoisotopic (exact) mass is 1450 g/mol. The van der Waals surface area contributed by atoms with Gasteiger partial charge in [-0.05, 0) is 149 Å². The molecule has 104 heavy (non-hydrogen) atoms. The number of esters is 2. The van der Waals surface area contributed by atoms with E-state index in [0.29, 0.717) is 28.8 Å². The number of methoxy groups -OCH3 is 2. The molecule has 4 aliphatic heterocycles. The molecule has 0 bridgehead atoms. The normalized spacial score (nSPS) is 14.4. The zero-order chi connectivity index (χ0) is 79.1. The molecule has 578 valence electrons. The Morgan fingerprint density at radius 3 is 0.990 bits per heavy atom. The highest BCUT2D eigenvalue weighted by molar-refractivity contribution is 5.95. The fourth-order valence-electron chi connectivity index (χ4n) is 7.85. The molecule has 9 rings (SSSR count). The summed E-state index contributed by atoms with van der Waals surface area (Å²) in [4.78, 5) is 97.0. The quantitative estimate of drug-likeness (QED) is 0.0120. The predicted molar refractivity (Wildman–Crippen MR) is 418 cm³/mol. The van der Waals surface area contributed by atoms with Crippen molar-refractivity contribution >= 4 is 77.1 Å². The van der Waals surface area contributed by atoms with Crippen LogP contribution in [0.4, 0.5) is 0 Å².